The highest BCUT2D eigenvalue weighted by Gasteiger charge is 2.34. The normalized spacial score (nSPS) is 16.1. The van der Waals surface area contributed by atoms with Crippen LogP contribution < -0.4 is 10.1 Å². The van der Waals surface area contributed by atoms with Crippen molar-refractivity contribution in [2.24, 2.45) is 11.3 Å². The number of benzene rings is 1. The molecule has 5 heteroatoms. The summed E-state index contributed by atoms with van der Waals surface area (Å²) in [6, 6.07) is 8.22. The van der Waals surface area contributed by atoms with Crippen molar-refractivity contribution in [3.05, 3.63) is 45.3 Å². The Kier molecular flexibility index (Phi) is 6.33. The van der Waals surface area contributed by atoms with Gasteiger partial charge in [-0.2, -0.15) is 5.26 Å². The SMILES string of the molecule is CCC(C)(C)[C@@H]1CCc2c(sc(NC(=O)COc3cc(C)cc(C)c3)c2C#N)C1. The molecule has 1 aliphatic rings. The lowest BCUT2D eigenvalue weighted by molar-refractivity contribution is -0.118. The number of aryl methyl sites for hydroxylation is 2. The summed E-state index contributed by atoms with van der Waals surface area (Å²) < 4.78 is 5.66. The Bertz CT molecular complexity index is 932. The summed E-state index contributed by atoms with van der Waals surface area (Å²) >= 11 is 1.56. The summed E-state index contributed by atoms with van der Waals surface area (Å²) in [5, 5.41) is 13.3. The number of ether oxygens (including phenoxy) is 1. The fourth-order valence-corrected chi connectivity index (χ4v) is 5.37. The molecule has 0 fully saturated rings. The van der Waals surface area contributed by atoms with E-state index < -0.39 is 0 Å². The minimum absolute atomic E-state index is 0.0676. The molecule has 2 aromatic rings. The van der Waals surface area contributed by atoms with Crippen molar-refractivity contribution in [2.75, 3.05) is 11.9 Å². The van der Waals surface area contributed by atoms with Gasteiger partial charge in [0.1, 0.15) is 16.8 Å². The minimum atomic E-state index is -0.232. The molecule has 1 amide bonds. The summed E-state index contributed by atoms with van der Waals surface area (Å²) in [7, 11) is 0. The van der Waals surface area contributed by atoms with Gasteiger partial charge in [-0.3, -0.25) is 4.79 Å². The van der Waals surface area contributed by atoms with Crippen molar-refractivity contribution in [3.63, 3.8) is 0 Å². The van der Waals surface area contributed by atoms with Crippen LogP contribution in [0, 0.1) is 36.5 Å². The zero-order chi connectivity index (χ0) is 21.2. The third-order valence-electron chi connectivity index (χ3n) is 6.21. The number of carbonyl (C=O) groups is 1. The van der Waals surface area contributed by atoms with Crippen LogP contribution in [0.1, 0.15) is 60.7 Å². The first-order valence-corrected chi connectivity index (χ1v) is 11.1. The topological polar surface area (TPSA) is 62.1 Å². The highest BCUT2D eigenvalue weighted by atomic mass is 32.1. The van der Waals surface area contributed by atoms with Gasteiger partial charge in [0.25, 0.3) is 5.91 Å². The summed E-state index contributed by atoms with van der Waals surface area (Å²) in [6.07, 6.45) is 4.15. The smallest absolute Gasteiger partial charge is 0.262 e. The third kappa shape index (κ3) is 4.82. The van der Waals surface area contributed by atoms with Gasteiger partial charge in [0.15, 0.2) is 6.61 Å². The maximum absolute atomic E-state index is 12.5. The first kappa shape index (κ1) is 21.4. The molecule has 0 spiro atoms. The number of amides is 1. The maximum Gasteiger partial charge on any atom is 0.262 e. The van der Waals surface area contributed by atoms with Gasteiger partial charge < -0.3 is 10.1 Å². The number of fused-ring (bicyclic) bond motifs is 1. The van der Waals surface area contributed by atoms with Gasteiger partial charge in [-0.25, -0.2) is 0 Å². The standard InChI is InChI=1S/C24H30N2O2S/c1-6-24(4,5)17-7-8-19-20(13-25)23(29-21(19)12-17)26-22(27)14-28-18-10-15(2)9-16(3)11-18/h9-11,17H,6-8,12,14H2,1-5H3,(H,26,27)/t17-/m1/s1. The molecule has 1 aromatic heterocycles. The largest absolute Gasteiger partial charge is 0.484 e. The molecule has 0 saturated carbocycles. The van der Waals surface area contributed by atoms with Gasteiger partial charge >= 0.3 is 0 Å². The number of nitrogens with one attached hydrogen (secondary N) is 1. The van der Waals surface area contributed by atoms with Crippen LogP contribution in [0.2, 0.25) is 0 Å². The van der Waals surface area contributed by atoms with E-state index in [0.717, 1.165) is 42.4 Å². The van der Waals surface area contributed by atoms with E-state index in [9.17, 15) is 10.1 Å². The molecule has 3 rings (SSSR count). The molecule has 0 saturated heterocycles. The second-order valence-electron chi connectivity index (χ2n) is 8.76. The van der Waals surface area contributed by atoms with Crippen molar-refractivity contribution >= 4 is 22.2 Å². The molecule has 154 valence electrons. The first-order chi connectivity index (χ1) is 13.7. The minimum Gasteiger partial charge on any atom is -0.484 e. The van der Waals surface area contributed by atoms with E-state index in [1.54, 1.807) is 11.3 Å². The maximum atomic E-state index is 12.5. The number of hydrogen-bond acceptors (Lipinski definition) is 4. The molecular weight excluding hydrogens is 380 g/mol. The molecule has 1 heterocycles. The molecule has 1 aliphatic carbocycles. The van der Waals surface area contributed by atoms with E-state index in [4.69, 9.17) is 4.74 Å². The molecule has 29 heavy (non-hydrogen) atoms. The lowest BCUT2D eigenvalue weighted by Crippen LogP contribution is -2.28. The van der Waals surface area contributed by atoms with Crippen LogP contribution in [-0.2, 0) is 17.6 Å². The Labute approximate surface area is 177 Å². The van der Waals surface area contributed by atoms with Gasteiger partial charge in [0, 0.05) is 4.88 Å². The average molecular weight is 411 g/mol. The third-order valence-corrected chi connectivity index (χ3v) is 7.38. The van der Waals surface area contributed by atoms with E-state index in [2.05, 4.69) is 38.2 Å². The van der Waals surface area contributed by atoms with Crippen molar-refractivity contribution < 1.29 is 9.53 Å². The molecule has 0 radical (unpaired) electrons. The zero-order valence-electron chi connectivity index (χ0n) is 18.0. The molecule has 4 nitrogen and oxygen atoms in total. The van der Waals surface area contributed by atoms with Crippen LogP contribution in [0.25, 0.3) is 0 Å². The van der Waals surface area contributed by atoms with E-state index in [1.165, 1.54) is 4.88 Å². The molecule has 0 unspecified atom stereocenters. The second kappa shape index (κ2) is 8.59. The number of thiophene rings is 1. The second-order valence-corrected chi connectivity index (χ2v) is 9.87. The average Bonchev–Trinajstić information content (AvgIpc) is 3.01. The zero-order valence-corrected chi connectivity index (χ0v) is 18.8. The molecular formula is C24H30N2O2S. The number of nitriles is 1. The van der Waals surface area contributed by atoms with Gasteiger partial charge in [-0.15, -0.1) is 11.3 Å². The Balaban J connectivity index is 1.70. The van der Waals surface area contributed by atoms with Gasteiger partial charge in [-0.1, -0.05) is 33.3 Å². The van der Waals surface area contributed by atoms with E-state index >= 15 is 0 Å². The van der Waals surface area contributed by atoms with Crippen LogP contribution >= 0.6 is 11.3 Å². The van der Waals surface area contributed by atoms with Crippen molar-refractivity contribution in [2.45, 2.75) is 60.3 Å². The van der Waals surface area contributed by atoms with Gasteiger partial charge in [0.05, 0.1) is 5.56 Å². The fraction of sp³-hybridized carbons (Fsp3) is 0.500. The van der Waals surface area contributed by atoms with Crippen LogP contribution in [0.15, 0.2) is 18.2 Å². The number of carbonyl (C=O) groups excluding carboxylic acids is 1. The predicted octanol–water partition coefficient (Wildman–Crippen LogP) is 5.80. The molecule has 0 aliphatic heterocycles. The number of anilines is 1. The molecule has 0 bridgehead atoms. The van der Waals surface area contributed by atoms with Crippen LogP contribution in [0.4, 0.5) is 5.00 Å². The molecule has 1 aromatic carbocycles. The number of nitrogens with zero attached hydrogens (tertiary/aromatic N) is 1. The summed E-state index contributed by atoms with van der Waals surface area (Å²) in [5.74, 6) is 1.07. The first-order valence-electron chi connectivity index (χ1n) is 10.3. The van der Waals surface area contributed by atoms with Crippen molar-refractivity contribution in [1.82, 2.24) is 0 Å². The van der Waals surface area contributed by atoms with Crippen molar-refractivity contribution in [1.29, 1.82) is 5.26 Å². The monoisotopic (exact) mass is 410 g/mol. The van der Waals surface area contributed by atoms with Crippen LogP contribution in [0.3, 0.4) is 0 Å². The predicted molar refractivity (Wildman–Crippen MR) is 119 cm³/mol. The van der Waals surface area contributed by atoms with E-state index in [1.807, 2.05) is 26.0 Å². The van der Waals surface area contributed by atoms with Gasteiger partial charge in [0.2, 0.25) is 0 Å². The fourth-order valence-electron chi connectivity index (χ4n) is 4.08. The van der Waals surface area contributed by atoms with E-state index in [-0.39, 0.29) is 17.9 Å². The quantitative estimate of drug-likeness (QED) is 0.655. The Morgan fingerprint density at radius 1 is 1.31 bits per heavy atom. The Hall–Kier alpha value is -2.32. The van der Waals surface area contributed by atoms with Gasteiger partial charge in [-0.05, 0) is 73.3 Å². The summed E-state index contributed by atoms with van der Waals surface area (Å²) in [5.41, 5.74) is 4.26. The Morgan fingerprint density at radius 3 is 2.62 bits per heavy atom. The molecule has 1 atom stereocenters. The van der Waals surface area contributed by atoms with Crippen molar-refractivity contribution in [3.8, 4) is 11.8 Å². The van der Waals surface area contributed by atoms with Crippen LogP contribution in [0.5, 0.6) is 5.75 Å². The highest BCUT2D eigenvalue weighted by molar-refractivity contribution is 7.16. The van der Waals surface area contributed by atoms with Crippen LogP contribution in [-0.4, -0.2) is 12.5 Å². The highest BCUT2D eigenvalue weighted by Crippen LogP contribution is 2.45. The number of hydrogen-bond donors (Lipinski definition) is 1. The Morgan fingerprint density at radius 2 is 2.00 bits per heavy atom. The lowest BCUT2D eigenvalue weighted by atomic mass is 9.69. The summed E-state index contributed by atoms with van der Waals surface area (Å²) in [4.78, 5) is 13.7. The molecule has 1 N–H and O–H groups in total. The lowest BCUT2D eigenvalue weighted by Gasteiger charge is -2.36. The number of rotatable bonds is 6. The summed E-state index contributed by atoms with van der Waals surface area (Å²) in [6.45, 7) is 10.8. The van der Waals surface area contributed by atoms with E-state index in [0.29, 0.717) is 22.2 Å².